The molecular weight excluding hydrogens is 210 g/mol. The molecule has 2 N–H and O–H groups in total. The van der Waals surface area contributed by atoms with Crippen molar-refractivity contribution in [1.82, 2.24) is 0 Å². The molecule has 16 heavy (non-hydrogen) atoms. The van der Waals surface area contributed by atoms with Crippen molar-refractivity contribution in [2.24, 2.45) is 0 Å². The van der Waals surface area contributed by atoms with Gasteiger partial charge in [0.25, 0.3) is 6.29 Å². The first-order valence-electron chi connectivity index (χ1n) is 4.69. The third kappa shape index (κ3) is 3.61. The molecule has 0 saturated carbocycles. The van der Waals surface area contributed by atoms with Crippen LogP contribution in [0.15, 0.2) is 24.3 Å². The number of carbonyl (C=O) groups is 2. The SMILES string of the molecule is CC(=O)OC(OC(C)=O)c1cccc(N)c1. The minimum absolute atomic E-state index is 0.502. The molecule has 1 rings (SSSR count). The van der Waals surface area contributed by atoms with Crippen LogP contribution < -0.4 is 5.73 Å². The third-order valence-corrected chi connectivity index (χ3v) is 1.73. The number of nitrogen functional groups attached to an aromatic ring is 1. The van der Waals surface area contributed by atoms with E-state index < -0.39 is 18.2 Å². The van der Waals surface area contributed by atoms with Crippen LogP contribution in [0.1, 0.15) is 25.7 Å². The Labute approximate surface area is 93.1 Å². The molecule has 0 amide bonds. The van der Waals surface area contributed by atoms with E-state index in [1.165, 1.54) is 13.8 Å². The first-order chi connectivity index (χ1) is 7.49. The van der Waals surface area contributed by atoms with E-state index in [1.807, 2.05) is 0 Å². The molecule has 0 aliphatic heterocycles. The van der Waals surface area contributed by atoms with Crippen molar-refractivity contribution in [3.05, 3.63) is 29.8 Å². The summed E-state index contributed by atoms with van der Waals surface area (Å²) in [5.74, 6) is -1.07. The van der Waals surface area contributed by atoms with Crippen LogP contribution in [0.4, 0.5) is 5.69 Å². The summed E-state index contributed by atoms with van der Waals surface area (Å²) in [6, 6.07) is 6.61. The lowest BCUT2D eigenvalue weighted by Crippen LogP contribution is -2.15. The van der Waals surface area contributed by atoms with Crippen molar-refractivity contribution in [2.75, 3.05) is 5.73 Å². The fourth-order valence-corrected chi connectivity index (χ4v) is 1.17. The van der Waals surface area contributed by atoms with Crippen molar-refractivity contribution < 1.29 is 19.1 Å². The number of hydrogen-bond acceptors (Lipinski definition) is 5. The van der Waals surface area contributed by atoms with E-state index in [4.69, 9.17) is 15.2 Å². The van der Waals surface area contributed by atoms with E-state index >= 15 is 0 Å². The Hall–Kier alpha value is -2.04. The van der Waals surface area contributed by atoms with Gasteiger partial charge in [0.1, 0.15) is 0 Å². The predicted molar refractivity (Wildman–Crippen MR) is 57.1 cm³/mol. The zero-order valence-electron chi connectivity index (χ0n) is 9.10. The highest BCUT2D eigenvalue weighted by atomic mass is 16.7. The molecule has 0 saturated heterocycles. The molecule has 0 atom stereocenters. The second kappa shape index (κ2) is 5.16. The van der Waals surface area contributed by atoms with Crippen molar-refractivity contribution >= 4 is 17.6 Å². The van der Waals surface area contributed by atoms with E-state index in [0.29, 0.717) is 11.3 Å². The predicted octanol–water partition coefficient (Wildman–Crippen LogP) is 1.39. The van der Waals surface area contributed by atoms with Crippen LogP contribution in [0.25, 0.3) is 0 Å². The van der Waals surface area contributed by atoms with E-state index in [0.717, 1.165) is 0 Å². The maximum atomic E-state index is 10.8. The third-order valence-electron chi connectivity index (χ3n) is 1.73. The van der Waals surface area contributed by atoms with Crippen molar-refractivity contribution in [3.8, 4) is 0 Å². The van der Waals surface area contributed by atoms with Gasteiger partial charge in [-0.3, -0.25) is 9.59 Å². The summed E-state index contributed by atoms with van der Waals surface area (Å²) in [5, 5.41) is 0. The summed E-state index contributed by atoms with van der Waals surface area (Å²) in [6.07, 6.45) is -1.04. The van der Waals surface area contributed by atoms with Gasteiger partial charge in [-0.05, 0) is 12.1 Å². The highest BCUT2D eigenvalue weighted by molar-refractivity contribution is 5.68. The minimum Gasteiger partial charge on any atom is -0.421 e. The molecule has 0 fully saturated rings. The molecule has 0 unspecified atom stereocenters. The number of hydrogen-bond donors (Lipinski definition) is 1. The average Bonchev–Trinajstić information content (AvgIpc) is 2.15. The van der Waals surface area contributed by atoms with Gasteiger partial charge >= 0.3 is 11.9 Å². The monoisotopic (exact) mass is 223 g/mol. The summed E-state index contributed by atoms with van der Waals surface area (Å²) < 4.78 is 9.73. The van der Waals surface area contributed by atoms with Gasteiger partial charge in [-0.15, -0.1) is 0 Å². The zero-order valence-corrected chi connectivity index (χ0v) is 9.10. The summed E-state index contributed by atoms with van der Waals surface area (Å²) in [4.78, 5) is 21.7. The highest BCUT2D eigenvalue weighted by Gasteiger charge is 2.17. The summed E-state index contributed by atoms with van der Waals surface area (Å²) >= 11 is 0. The molecule has 1 aromatic rings. The van der Waals surface area contributed by atoms with E-state index in [2.05, 4.69) is 0 Å². The first-order valence-corrected chi connectivity index (χ1v) is 4.69. The van der Waals surface area contributed by atoms with Gasteiger partial charge in [-0.2, -0.15) is 0 Å². The number of rotatable bonds is 3. The van der Waals surface area contributed by atoms with Crippen LogP contribution in [-0.4, -0.2) is 11.9 Å². The Morgan fingerprint density at radius 3 is 2.19 bits per heavy atom. The number of ether oxygens (including phenoxy) is 2. The topological polar surface area (TPSA) is 78.6 Å². The Morgan fingerprint density at radius 1 is 1.19 bits per heavy atom. The quantitative estimate of drug-likeness (QED) is 0.476. The van der Waals surface area contributed by atoms with Crippen LogP contribution in [0, 0.1) is 0 Å². The smallest absolute Gasteiger partial charge is 0.305 e. The van der Waals surface area contributed by atoms with Crippen molar-refractivity contribution in [1.29, 1.82) is 0 Å². The van der Waals surface area contributed by atoms with Crippen molar-refractivity contribution in [3.63, 3.8) is 0 Å². The molecule has 86 valence electrons. The summed E-state index contributed by atoms with van der Waals surface area (Å²) in [7, 11) is 0. The summed E-state index contributed by atoms with van der Waals surface area (Å²) in [6.45, 7) is 2.48. The van der Waals surface area contributed by atoms with Crippen LogP contribution in [0.2, 0.25) is 0 Å². The average molecular weight is 223 g/mol. The number of benzene rings is 1. The van der Waals surface area contributed by atoms with Crippen LogP contribution in [0.3, 0.4) is 0 Å². The molecule has 0 spiro atoms. The normalized spacial score (nSPS) is 9.94. The van der Waals surface area contributed by atoms with Gasteiger partial charge in [0.15, 0.2) is 0 Å². The van der Waals surface area contributed by atoms with Crippen LogP contribution in [0.5, 0.6) is 0 Å². The second-order valence-electron chi connectivity index (χ2n) is 3.22. The molecule has 0 bridgehead atoms. The minimum atomic E-state index is -1.04. The molecule has 0 aliphatic rings. The lowest BCUT2D eigenvalue weighted by atomic mass is 10.2. The maximum absolute atomic E-state index is 10.8. The van der Waals surface area contributed by atoms with Gasteiger partial charge in [0.05, 0.1) is 0 Å². The zero-order chi connectivity index (χ0) is 12.1. The lowest BCUT2D eigenvalue weighted by Gasteiger charge is -2.16. The Kier molecular flexibility index (Phi) is 3.88. The Balaban J connectivity index is 2.90. The molecule has 0 heterocycles. The number of nitrogens with two attached hydrogens (primary N) is 1. The van der Waals surface area contributed by atoms with E-state index in [1.54, 1.807) is 24.3 Å². The van der Waals surface area contributed by atoms with Gasteiger partial charge in [0, 0.05) is 25.1 Å². The lowest BCUT2D eigenvalue weighted by molar-refractivity contribution is -0.186. The molecule has 0 aromatic heterocycles. The number of anilines is 1. The van der Waals surface area contributed by atoms with Gasteiger partial charge in [0.2, 0.25) is 0 Å². The fraction of sp³-hybridized carbons (Fsp3) is 0.273. The summed E-state index contributed by atoms with van der Waals surface area (Å²) in [5.41, 5.74) is 6.60. The number of esters is 2. The van der Waals surface area contributed by atoms with Gasteiger partial charge < -0.3 is 15.2 Å². The Bertz CT molecular complexity index is 387. The second-order valence-corrected chi connectivity index (χ2v) is 3.22. The fourth-order valence-electron chi connectivity index (χ4n) is 1.17. The molecule has 1 aromatic carbocycles. The van der Waals surface area contributed by atoms with E-state index in [-0.39, 0.29) is 0 Å². The van der Waals surface area contributed by atoms with Crippen LogP contribution in [-0.2, 0) is 19.1 Å². The molecule has 0 aliphatic carbocycles. The van der Waals surface area contributed by atoms with Crippen LogP contribution >= 0.6 is 0 Å². The Morgan fingerprint density at radius 2 is 1.75 bits per heavy atom. The van der Waals surface area contributed by atoms with Crippen molar-refractivity contribution in [2.45, 2.75) is 20.1 Å². The highest BCUT2D eigenvalue weighted by Crippen LogP contribution is 2.21. The van der Waals surface area contributed by atoms with Gasteiger partial charge in [-0.1, -0.05) is 12.1 Å². The standard InChI is InChI=1S/C11H13NO4/c1-7(13)15-11(16-8(2)14)9-4-3-5-10(12)6-9/h3-6,11H,12H2,1-2H3. The largest absolute Gasteiger partial charge is 0.421 e. The molecule has 5 heteroatoms. The van der Waals surface area contributed by atoms with Gasteiger partial charge in [-0.25, -0.2) is 0 Å². The molecule has 0 radical (unpaired) electrons. The number of carbonyl (C=O) groups excluding carboxylic acids is 2. The molecule has 5 nitrogen and oxygen atoms in total. The molecular formula is C11H13NO4. The van der Waals surface area contributed by atoms with E-state index in [9.17, 15) is 9.59 Å². The maximum Gasteiger partial charge on any atom is 0.305 e. The first kappa shape index (κ1) is 12.0.